The van der Waals surface area contributed by atoms with E-state index >= 15 is 0 Å². The number of piperidine rings is 1. The first-order valence-corrected chi connectivity index (χ1v) is 9.57. The zero-order valence-corrected chi connectivity index (χ0v) is 15.0. The molecule has 0 bridgehead atoms. The molecule has 7 heteroatoms. The topological polar surface area (TPSA) is 78.0 Å². The summed E-state index contributed by atoms with van der Waals surface area (Å²) < 4.78 is 0. The van der Waals surface area contributed by atoms with Crippen LogP contribution in [0.1, 0.15) is 31.2 Å². The van der Waals surface area contributed by atoms with Gasteiger partial charge in [0.1, 0.15) is 0 Å². The smallest absolute Gasteiger partial charge is 0.225 e. The van der Waals surface area contributed by atoms with Gasteiger partial charge in [-0.1, -0.05) is 0 Å². The molecule has 0 saturated carbocycles. The summed E-state index contributed by atoms with van der Waals surface area (Å²) in [7, 11) is 0. The van der Waals surface area contributed by atoms with Crippen molar-refractivity contribution in [1.82, 2.24) is 25.1 Å². The third-order valence-corrected chi connectivity index (χ3v) is 5.80. The van der Waals surface area contributed by atoms with Crippen molar-refractivity contribution >= 4 is 11.9 Å². The number of nitrogens with one attached hydrogen (secondary N) is 1. The second kappa shape index (κ2) is 7.85. The third kappa shape index (κ3) is 3.86. The fourth-order valence-corrected chi connectivity index (χ4v) is 4.25. The van der Waals surface area contributed by atoms with Crippen molar-refractivity contribution in [1.29, 1.82) is 0 Å². The number of anilines is 1. The van der Waals surface area contributed by atoms with Gasteiger partial charge < -0.3 is 9.80 Å². The van der Waals surface area contributed by atoms with E-state index < -0.39 is 0 Å². The fraction of sp³-hybridized carbons (Fsp3) is 0.579. The van der Waals surface area contributed by atoms with Gasteiger partial charge in [0.2, 0.25) is 11.9 Å². The van der Waals surface area contributed by atoms with Gasteiger partial charge in [-0.3, -0.25) is 9.89 Å². The van der Waals surface area contributed by atoms with Crippen LogP contribution >= 0.6 is 0 Å². The molecule has 2 aliphatic heterocycles. The molecule has 0 spiro atoms. The summed E-state index contributed by atoms with van der Waals surface area (Å²) in [5, 5.41) is 6.74. The number of hydrogen-bond donors (Lipinski definition) is 1. The van der Waals surface area contributed by atoms with Crippen molar-refractivity contribution in [2.45, 2.75) is 32.1 Å². The second-order valence-corrected chi connectivity index (χ2v) is 7.37. The van der Waals surface area contributed by atoms with Crippen LogP contribution in [0.4, 0.5) is 5.95 Å². The Morgan fingerprint density at radius 3 is 2.62 bits per heavy atom. The first-order valence-electron chi connectivity index (χ1n) is 9.57. The summed E-state index contributed by atoms with van der Waals surface area (Å²) >= 11 is 0. The van der Waals surface area contributed by atoms with Crippen LogP contribution in [-0.4, -0.2) is 57.2 Å². The lowest BCUT2D eigenvalue weighted by Crippen LogP contribution is -2.38. The minimum absolute atomic E-state index is 0.281. The lowest BCUT2D eigenvalue weighted by molar-refractivity contribution is -0.130. The summed E-state index contributed by atoms with van der Waals surface area (Å²) in [6.07, 6.45) is 12.1. The number of rotatable bonds is 5. The molecule has 1 amide bonds. The highest BCUT2D eigenvalue weighted by Gasteiger charge is 2.33. The molecule has 1 atom stereocenters. The molecule has 2 aromatic heterocycles. The second-order valence-electron chi connectivity index (χ2n) is 7.37. The number of carbonyl (C=O) groups excluding carboxylic acids is 1. The van der Waals surface area contributed by atoms with Crippen LogP contribution in [0.5, 0.6) is 0 Å². The molecule has 138 valence electrons. The number of amides is 1. The summed E-state index contributed by atoms with van der Waals surface area (Å²) in [5.74, 6) is 2.48. The highest BCUT2D eigenvalue weighted by molar-refractivity contribution is 5.76. The molecular weight excluding hydrogens is 328 g/mol. The standard InChI is InChI=1S/C19H26N6O/c26-18(3-2-15-12-22-23-13-15)25-11-6-17(14-25)16-4-9-24(10-5-16)19-20-7-1-8-21-19/h1,7-8,12-13,16-17H,2-6,9-11,14H2,(H,22,23)/t17-/m0/s1. The Morgan fingerprint density at radius 2 is 1.88 bits per heavy atom. The maximum Gasteiger partial charge on any atom is 0.225 e. The largest absolute Gasteiger partial charge is 0.342 e. The average molecular weight is 354 g/mol. The SMILES string of the molecule is O=C(CCc1cn[nH]c1)N1CC[C@H](C2CCN(c3ncccn3)CC2)C1. The molecule has 0 aliphatic carbocycles. The van der Waals surface area contributed by atoms with Gasteiger partial charge in [-0.25, -0.2) is 9.97 Å². The van der Waals surface area contributed by atoms with Crippen LogP contribution in [0, 0.1) is 11.8 Å². The summed E-state index contributed by atoms with van der Waals surface area (Å²) in [6, 6.07) is 1.85. The minimum atomic E-state index is 0.281. The van der Waals surface area contributed by atoms with Crippen LogP contribution in [-0.2, 0) is 11.2 Å². The van der Waals surface area contributed by atoms with Gasteiger partial charge in [-0.05, 0) is 49.1 Å². The molecule has 0 radical (unpaired) electrons. The van der Waals surface area contributed by atoms with Crippen LogP contribution in [0.3, 0.4) is 0 Å². The predicted molar refractivity (Wildman–Crippen MR) is 98.6 cm³/mol. The van der Waals surface area contributed by atoms with E-state index in [0.29, 0.717) is 18.3 Å². The van der Waals surface area contributed by atoms with Crippen LogP contribution < -0.4 is 4.90 Å². The maximum absolute atomic E-state index is 12.5. The fourth-order valence-electron chi connectivity index (χ4n) is 4.25. The van der Waals surface area contributed by atoms with Gasteiger partial charge in [0.05, 0.1) is 6.20 Å². The van der Waals surface area contributed by atoms with Gasteiger partial charge in [-0.15, -0.1) is 0 Å². The Kier molecular flexibility index (Phi) is 5.13. The molecule has 4 heterocycles. The van der Waals surface area contributed by atoms with Gasteiger partial charge in [0, 0.05) is 51.2 Å². The van der Waals surface area contributed by atoms with Crippen molar-refractivity contribution < 1.29 is 4.79 Å². The predicted octanol–water partition coefficient (Wildman–Crippen LogP) is 1.90. The lowest BCUT2D eigenvalue weighted by atomic mass is 9.84. The molecular formula is C19H26N6O. The van der Waals surface area contributed by atoms with E-state index in [1.807, 2.05) is 12.3 Å². The molecule has 2 saturated heterocycles. The van der Waals surface area contributed by atoms with Crippen LogP contribution in [0.25, 0.3) is 0 Å². The Balaban J connectivity index is 1.23. The van der Waals surface area contributed by atoms with Gasteiger partial charge in [0.15, 0.2) is 0 Å². The number of hydrogen-bond acceptors (Lipinski definition) is 5. The van der Waals surface area contributed by atoms with Crippen molar-refractivity contribution in [3.8, 4) is 0 Å². The van der Waals surface area contributed by atoms with E-state index in [0.717, 1.165) is 50.5 Å². The highest BCUT2D eigenvalue weighted by atomic mass is 16.2. The number of aryl methyl sites for hydroxylation is 1. The highest BCUT2D eigenvalue weighted by Crippen LogP contribution is 2.32. The number of aromatic nitrogens is 4. The summed E-state index contributed by atoms with van der Waals surface area (Å²) in [4.78, 5) is 25.5. The molecule has 4 rings (SSSR count). The van der Waals surface area contributed by atoms with Gasteiger partial charge >= 0.3 is 0 Å². The van der Waals surface area contributed by atoms with E-state index in [9.17, 15) is 4.79 Å². The van der Waals surface area contributed by atoms with Crippen LogP contribution in [0.15, 0.2) is 30.9 Å². The zero-order chi connectivity index (χ0) is 17.8. The Hall–Kier alpha value is -2.44. The van der Waals surface area contributed by atoms with Crippen molar-refractivity contribution in [2.24, 2.45) is 11.8 Å². The van der Waals surface area contributed by atoms with E-state index in [2.05, 4.69) is 30.0 Å². The number of nitrogens with zero attached hydrogens (tertiary/aromatic N) is 5. The summed E-state index contributed by atoms with van der Waals surface area (Å²) in [5.41, 5.74) is 1.10. The zero-order valence-electron chi connectivity index (χ0n) is 15.0. The van der Waals surface area contributed by atoms with E-state index in [1.165, 1.54) is 12.8 Å². The number of likely N-dealkylation sites (tertiary alicyclic amines) is 1. The van der Waals surface area contributed by atoms with E-state index in [-0.39, 0.29) is 5.91 Å². The number of H-pyrrole nitrogens is 1. The van der Waals surface area contributed by atoms with E-state index in [1.54, 1.807) is 18.6 Å². The first-order chi connectivity index (χ1) is 12.8. The molecule has 2 aliphatic rings. The molecule has 2 fully saturated rings. The molecule has 2 aromatic rings. The normalized spacial score (nSPS) is 21.3. The summed E-state index contributed by atoms with van der Waals surface area (Å²) in [6.45, 7) is 3.87. The number of carbonyl (C=O) groups is 1. The molecule has 26 heavy (non-hydrogen) atoms. The average Bonchev–Trinajstić information content (AvgIpc) is 3.39. The molecule has 0 unspecified atom stereocenters. The molecule has 0 aromatic carbocycles. The third-order valence-electron chi connectivity index (χ3n) is 5.80. The van der Waals surface area contributed by atoms with Gasteiger partial charge in [0.25, 0.3) is 0 Å². The first kappa shape index (κ1) is 17.0. The van der Waals surface area contributed by atoms with Crippen molar-refractivity contribution in [3.05, 3.63) is 36.4 Å². The Bertz CT molecular complexity index is 696. The maximum atomic E-state index is 12.5. The van der Waals surface area contributed by atoms with E-state index in [4.69, 9.17) is 0 Å². The molecule has 7 nitrogen and oxygen atoms in total. The Labute approximate surface area is 153 Å². The number of aromatic amines is 1. The minimum Gasteiger partial charge on any atom is -0.342 e. The van der Waals surface area contributed by atoms with Gasteiger partial charge in [-0.2, -0.15) is 5.10 Å². The Morgan fingerprint density at radius 1 is 1.12 bits per heavy atom. The van der Waals surface area contributed by atoms with Crippen molar-refractivity contribution in [3.63, 3.8) is 0 Å². The van der Waals surface area contributed by atoms with Crippen molar-refractivity contribution in [2.75, 3.05) is 31.1 Å². The molecule has 1 N–H and O–H groups in total. The quantitative estimate of drug-likeness (QED) is 0.887. The van der Waals surface area contributed by atoms with Crippen LogP contribution in [0.2, 0.25) is 0 Å². The monoisotopic (exact) mass is 354 g/mol. The lowest BCUT2D eigenvalue weighted by Gasteiger charge is -2.34.